The molecule has 0 spiro atoms. The molecule has 31 heavy (non-hydrogen) atoms. The Kier molecular flexibility index (Phi) is 8.74. The topological polar surface area (TPSA) is 85.8 Å². The molecular formula is C24H37N5O2. The van der Waals surface area contributed by atoms with E-state index < -0.39 is 0 Å². The van der Waals surface area contributed by atoms with Crippen molar-refractivity contribution in [2.45, 2.75) is 57.9 Å². The van der Waals surface area contributed by atoms with Crippen LogP contribution in [0.15, 0.2) is 29.3 Å². The van der Waals surface area contributed by atoms with E-state index in [1.807, 2.05) is 18.2 Å². The number of hydrogen-bond donors (Lipinski definition) is 3. The Morgan fingerprint density at radius 2 is 1.84 bits per heavy atom. The largest absolute Gasteiger partial charge is 0.359 e. The van der Waals surface area contributed by atoms with E-state index in [-0.39, 0.29) is 17.7 Å². The zero-order valence-electron chi connectivity index (χ0n) is 19.0. The summed E-state index contributed by atoms with van der Waals surface area (Å²) in [6, 6.07) is 8.04. The van der Waals surface area contributed by atoms with Gasteiger partial charge in [0.05, 0.1) is 0 Å². The summed E-state index contributed by atoms with van der Waals surface area (Å²) in [5.41, 5.74) is 1.97. The molecule has 170 valence electrons. The second-order valence-electron chi connectivity index (χ2n) is 8.73. The van der Waals surface area contributed by atoms with Gasteiger partial charge in [-0.25, -0.2) is 0 Å². The zero-order valence-corrected chi connectivity index (χ0v) is 19.0. The normalized spacial score (nSPS) is 18.5. The van der Waals surface area contributed by atoms with Crippen molar-refractivity contribution < 1.29 is 9.59 Å². The lowest BCUT2D eigenvalue weighted by Crippen LogP contribution is -2.45. The molecule has 2 amide bonds. The van der Waals surface area contributed by atoms with Crippen molar-refractivity contribution in [1.29, 1.82) is 0 Å². The predicted octanol–water partition coefficient (Wildman–Crippen LogP) is 3.13. The number of benzene rings is 1. The number of amides is 2. The van der Waals surface area contributed by atoms with Gasteiger partial charge in [-0.15, -0.1) is 0 Å². The molecule has 1 aromatic rings. The van der Waals surface area contributed by atoms with Crippen LogP contribution >= 0.6 is 0 Å². The number of likely N-dealkylation sites (tertiary alicyclic amines) is 1. The van der Waals surface area contributed by atoms with E-state index >= 15 is 0 Å². The van der Waals surface area contributed by atoms with Crippen LogP contribution in [-0.2, 0) is 16.1 Å². The number of piperidine rings is 1. The van der Waals surface area contributed by atoms with E-state index in [1.54, 1.807) is 14.1 Å². The minimum Gasteiger partial charge on any atom is -0.359 e. The van der Waals surface area contributed by atoms with Crippen molar-refractivity contribution in [2.24, 2.45) is 16.8 Å². The van der Waals surface area contributed by atoms with Gasteiger partial charge in [-0.2, -0.15) is 0 Å². The maximum Gasteiger partial charge on any atom is 0.227 e. The van der Waals surface area contributed by atoms with Crippen LogP contribution in [0.4, 0.5) is 5.69 Å². The lowest BCUT2D eigenvalue weighted by molar-refractivity contribution is -0.122. The number of nitrogens with one attached hydrogen (secondary N) is 3. The van der Waals surface area contributed by atoms with Gasteiger partial charge in [0.15, 0.2) is 5.96 Å². The van der Waals surface area contributed by atoms with Gasteiger partial charge >= 0.3 is 0 Å². The molecular weight excluding hydrogens is 390 g/mol. The minimum absolute atomic E-state index is 0.122. The highest BCUT2D eigenvalue weighted by molar-refractivity contribution is 5.92. The number of aliphatic imine (C=N–C) groups is 1. The molecule has 1 saturated heterocycles. The summed E-state index contributed by atoms with van der Waals surface area (Å²) in [5, 5.41) is 9.27. The van der Waals surface area contributed by atoms with E-state index in [2.05, 4.69) is 31.9 Å². The number of guanidine groups is 1. The minimum atomic E-state index is 0.122. The fourth-order valence-corrected chi connectivity index (χ4v) is 4.59. The quantitative estimate of drug-likeness (QED) is 0.481. The van der Waals surface area contributed by atoms with Gasteiger partial charge in [-0.3, -0.25) is 14.6 Å². The van der Waals surface area contributed by atoms with Crippen LogP contribution in [0.5, 0.6) is 0 Å². The van der Waals surface area contributed by atoms with Crippen LogP contribution in [0.1, 0.15) is 56.9 Å². The molecule has 7 heteroatoms. The number of hydrogen-bond acceptors (Lipinski definition) is 3. The monoisotopic (exact) mass is 427 g/mol. The van der Waals surface area contributed by atoms with Crippen LogP contribution in [0.3, 0.4) is 0 Å². The van der Waals surface area contributed by atoms with Crippen molar-refractivity contribution in [3.8, 4) is 0 Å². The SMILES string of the molecule is CN=C(NCc1cccc(NC(=O)C2CCCCC2)c1)N1CCC(CC(=O)NC)CC1. The molecule has 1 aliphatic carbocycles. The predicted molar refractivity (Wildman–Crippen MR) is 125 cm³/mol. The van der Waals surface area contributed by atoms with Crippen LogP contribution in [0, 0.1) is 11.8 Å². The van der Waals surface area contributed by atoms with Crippen LogP contribution in [0.25, 0.3) is 0 Å². The number of carbonyl (C=O) groups excluding carboxylic acids is 2. The first kappa shape index (κ1) is 23.1. The van der Waals surface area contributed by atoms with Crippen molar-refractivity contribution in [3.05, 3.63) is 29.8 Å². The van der Waals surface area contributed by atoms with Gasteiger partial charge in [-0.1, -0.05) is 31.4 Å². The molecule has 2 fully saturated rings. The Labute approximate surface area is 186 Å². The molecule has 1 saturated carbocycles. The fourth-order valence-electron chi connectivity index (χ4n) is 4.59. The molecule has 7 nitrogen and oxygen atoms in total. The average molecular weight is 428 g/mol. The molecule has 1 aromatic carbocycles. The van der Waals surface area contributed by atoms with Crippen molar-refractivity contribution in [3.63, 3.8) is 0 Å². The summed E-state index contributed by atoms with van der Waals surface area (Å²) < 4.78 is 0. The second-order valence-corrected chi connectivity index (χ2v) is 8.73. The molecule has 3 N–H and O–H groups in total. The second kappa shape index (κ2) is 11.7. The first-order valence-electron chi connectivity index (χ1n) is 11.6. The summed E-state index contributed by atoms with van der Waals surface area (Å²) >= 11 is 0. The summed E-state index contributed by atoms with van der Waals surface area (Å²) in [7, 11) is 3.50. The van der Waals surface area contributed by atoms with E-state index in [1.165, 1.54) is 6.42 Å². The molecule has 0 aromatic heterocycles. The molecule has 0 atom stereocenters. The summed E-state index contributed by atoms with van der Waals surface area (Å²) in [6.07, 6.45) is 8.17. The molecule has 1 heterocycles. The van der Waals surface area contributed by atoms with Gasteiger partial charge in [0.2, 0.25) is 11.8 Å². The summed E-state index contributed by atoms with van der Waals surface area (Å²) in [4.78, 5) is 30.8. The summed E-state index contributed by atoms with van der Waals surface area (Å²) in [6.45, 7) is 2.45. The highest BCUT2D eigenvalue weighted by Gasteiger charge is 2.23. The van der Waals surface area contributed by atoms with Gasteiger partial charge < -0.3 is 20.9 Å². The van der Waals surface area contributed by atoms with Gasteiger partial charge in [0.25, 0.3) is 0 Å². The van der Waals surface area contributed by atoms with Crippen molar-refractivity contribution >= 4 is 23.5 Å². The Morgan fingerprint density at radius 1 is 1.10 bits per heavy atom. The smallest absolute Gasteiger partial charge is 0.227 e. The Morgan fingerprint density at radius 3 is 2.52 bits per heavy atom. The third-order valence-corrected chi connectivity index (χ3v) is 6.50. The van der Waals surface area contributed by atoms with E-state index in [0.717, 1.165) is 68.8 Å². The van der Waals surface area contributed by atoms with Gasteiger partial charge in [0.1, 0.15) is 0 Å². The Hall–Kier alpha value is -2.57. The van der Waals surface area contributed by atoms with Crippen LogP contribution in [0.2, 0.25) is 0 Å². The first-order valence-corrected chi connectivity index (χ1v) is 11.6. The van der Waals surface area contributed by atoms with E-state index in [0.29, 0.717) is 18.9 Å². The van der Waals surface area contributed by atoms with E-state index in [9.17, 15) is 9.59 Å². The van der Waals surface area contributed by atoms with Crippen LogP contribution in [-0.4, -0.2) is 49.9 Å². The van der Waals surface area contributed by atoms with Crippen molar-refractivity contribution in [1.82, 2.24) is 15.5 Å². The van der Waals surface area contributed by atoms with E-state index in [4.69, 9.17) is 0 Å². The first-order chi connectivity index (χ1) is 15.1. The van der Waals surface area contributed by atoms with Crippen LogP contribution < -0.4 is 16.0 Å². The Bertz CT molecular complexity index is 765. The highest BCUT2D eigenvalue weighted by Crippen LogP contribution is 2.25. The molecule has 2 aliphatic rings. The number of rotatable bonds is 6. The molecule has 3 rings (SSSR count). The third kappa shape index (κ3) is 6.97. The van der Waals surface area contributed by atoms with Crippen molar-refractivity contribution in [2.75, 3.05) is 32.5 Å². The summed E-state index contributed by atoms with van der Waals surface area (Å²) in [5.74, 6) is 1.76. The van der Waals surface area contributed by atoms with Gasteiger partial charge in [-0.05, 0) is 49.3 Å². The molecule has 0 bridgehead atoms. The Balaban J connectivity index is 1.48. The lowest BCUT2D eigenvalue weighted by Gasteiger charge is -2.34. The average Bonchev–Trinajstić information content (AvgIpc) is 2.81. The van der Waals surface area contributed by atoms with Gasteiger partial charge in [0, 0.05) is 51.8 Å². The third-order valence-electron chi connectivity index (χ3n) is 6.50. The molecule has 1 aliphatic heterocycles. The maximum atomic E-state index is 12.5. The highest BCUT2D eigenvalue weighted by atomic mass is 16.2. The maximum absolute atomic E-state index is 12.5. The molecule has 0 radical (unpaired) electrons. The zero-order chi connectivity index (χ0) is 22.1. The number of nitrogens with zero attached hydrogens (tertiary/aromatic N) is 2. The fraction of sp³-hybridized carbons (Fsp3) is 0.625. The molecule has 0 unspecified atom stereocenters. The lowest BCUT2D eigenvalue weighted by atomic mass is 9.88. The standard InChI is InChI=1S/C24H37N5O2/c1-25-22(30)16-18-11-13-29(14-12-18)24(26-2)27-17-19-7-6-10-21(15-19)28-23(31)20-8-4-3-5-9-20/h6-7,10,15,18,20H,3-5,8-9,11-14,16-17H2,1-2H3,(H,25,30)(H,26,27)(H,28,31). The number of carbonyl (C=O) groups is 2. The number of anilines is 1.